The van der Waals surface area contributed by atoms with Gasteiger partial charge in [0.1, 0.15) is 5.75 Å². The summed E-state index contributed by atoms with van der Waals surface area (Å²) in [4.78, 5) is 24.9. The summed E-state index contributed by atoms with van der Waals surface area (Å²) in [6.07, 6.45) is 4.78. The molecule has 1 saturated carbocycles. The van der Waals surface area contributed by atoms with Crippen LogP contribution < -0.4 is 10.6 Å². The summed E-state index contributed by atoms with van der Waals surface area (Å²) in [5, 5.41) is 16.6. The van der Waals surface area contributed by atoms with Crippen molar-refractivity contribution in [3.8, 4) is 5.75 Å². The van der Waals surface area contributed by atoms with Crippen LogP contribution in [0, 0.1) is 0 Å². The second-order valence-corrected chi connectivity index (χ2v) is 7.75. The Morgan fingerprint density at radius 2 is 1.72 bits per heavy atom. The summed E-state index contributed by atoms with van der Waals surface area (Å²) in [5.41, 5.74) is 2.66. The number of carbonyl (C=O) groups excluding carboxylic acids is 2. The maximum Gasteiger partial charge on any atom is 0.251 e. The molecule has 1 aliphatic carbocycles. The number of hydrogen-bond donors (Lipinski definition) is 3. The van der Waals surface area contributed by atoms with Gasteiger partial charge in [-0.25, -0.2) is 0 Å². The molecular weight excluding hydrogens is 366 g/mol. The molecule has 0 spiro atoms. The smallest absolute Gasteiger partial charge is 0.251 e. The van der Waals surface area contributed by atoms with Gasteiger partial charge in [-0.15, -0.1) is 0 Å². The van der Waals surface area contributed by atoms with Gasteiger partial charge in [-0.2, -0.15) is 0 Å². The van der Waals surface area contributed by atoms with Crippen LogP contribution in [-0.4, -0.2) is 33.6 Å². The highest BCUT2D eigenvalue weighted by Crippen LogP contribution is 2.22. The van der Waals surface area contributed by atoms with E-state index in [1.165, 1.54) is 12.1 Å². The van der Waals surface area contributed by atoms with Gasteiger partial charge in [0, 0.05) is 41.8 Å². The molecule has 1 aromatic heterocycles. The summed E-state index contributed by atoms with van der Waals surface area (Å²) in [6.45, 7) is 0. The number of para-hydroxylation sites is 1. The fourth-order valence-corrected chi connectivity index (χ4v) is 4.14. The minimum Gasteiger partial charge on any atom is -0.508 e. The van der Waals surface area contributed by atoms with E-state index in [1.807, 2.05) is 36.0 Å². The maximum absolute atomic E-state index is 12.6. The average Bonchev–Trinajstić information content (AvgIpc) is 3.26. The molecule has 3 N–H and O–H groups in total. The highest BCUT2D eigenvalue weighted by Gasteiger charge is 2.27. The lowest BCUT2D eigenvalue weighted by Gasteiger charge is -2.15. The van der Waals surface area contributed by atoms with Crippen molar-refractivity contribution in [3.63, 3.8) is 0 Å². The lowest BCUT2D eigenvalue weighted by Crippen LogP contribution is -2.37. The minimum atomic E-state index is -0.155. The van der Waals surface area contributed by atoms with Gasteiger partial charge in [-0.1, -0.05) is 18.2 Å². The molecule has 0 aliphatic heterocycles. The highest BCUT2D eigenvalue weighted by molar-refractivity contribution is 5.94. The predicted molar refractivity (Wildman–Crippen MR) is 112 cm³/mol. The van der Waals surface area contributed by atoms with Crippen molar-refractivity contribution in [3.05, 3.63) is 65.9 Å². The molecule has 0 unspecified atom stereocenters. The van der Waals surface area contributed by atoms with Crippen LogP contribution in [0.1, 0.15) is 35.2 Å². The third-order valence-electron chi connectivity index (χ3n) is 5.59. The summed E-state index contributed by atoms with van der Waals surface area (Å²) in [5.74, 6) is -0.00835. The van der Waals surface area contributed by atoms with Crippen LogP contribution in [0.5, 0.6) is 5.75 Å². The van der Waals surface area contributed by atoms with Crippen LogP contribution >= 0.6 is 0 Å². The topological polar surface area (TPSA) is 83.4 Å². The second kappa shape index (κ2) is 7.99. The molecule has 2 aromatic carbocycles. The molecule has 4 rings (SSSR count). The number of rotatable bonds is 5. The Morgan fingerprint density at radius 3 is 2.48 bits per heavy atom. The number of phenols is 1. The summed E-state index contributed by atoms with van der Waals surface area (Å²) >= 11 is 0. The van der Waals surface area contributed by atoms with Crippen LogP contribution in [0.4, 0.5) is 0 Å². The summed E-state index contributed by atoms with van der Waals surface area (Å²) < 4.78 is 2.04. The zero-order valence-corrected chi connectivity index (χ0v) is 16.4. The van der Waals surface area contributed by atoms with Crippen LogP contribution in [0.15, 0.2) is 54.7 Å². The number of amides is 2. The van der Waals surface area contributed by atoms with Crippen molar-refractivity contribution < 1.29 is 14.7 Å². The number of aromatic hydroxyl groups is 1. The summed E-state index contributed by atoms with van der Waals surface area (Å²) in [6, 6.07) is 14.4. The number of hydrogen-bond acceptors (Lipinski definition) is 3. The van der Waals surface area contributed by atoms with Gasteiger partial charge < -0.3 is 20.3 Å². The standard InChI is InChI=1S/C23H25N3O3/c1-26-14-16(20-4-2-3-5-21(20)26)12-22(28)24-17-8-9-18(13-17)25-23(29)15-6-10-19(27)11-7-15/h2-7,10-11,14,17-18,27H,8-9,12-13H2,1H3,(H,24,28)(H,25,29)/t17-,18+/m1/s1. The van der Waals surface area contributed by atoms with Crippen molar-refractivity contribution in [2.45, 2.75) is 37.8 Å². The molecule has 1 fully saturated rings. The number of aryl methyl sites for hydroxylation is 1. The number of nitrogens with one attached hydrogen (secondary N) is 2. The normalized spacial score (nSPS) is 18.7. The first-order valence-electron chi connectivity index (χ1n) is 9.92. The number of fused-ring (bicyclic) bond motifs is 1. The monoisotopic (exact) mass is 391 g/mol. The van der Waals surface area contributed by atoms with Crippen molar-refractivity contribution >= 4 is 22.7 Å². The van der Waals surface area contributed by atoms with E-state index < -0.39 is 0 Å². The van der Waals surface area contributed by atoms with Crippen LogP contribution in [0.2, 0.25) is 0 Å². The van der Waals surface area contributed by atoms with Gasteiger partial charge in [0.05, 0.1) is 6.42 Å². The lowest BCUT2D eigenvalue weighted by molar-refractivity contribution is -0.121. The number of aromatic nitrogens is 1. The van der Waals surface area contributed by atoms with E-state index in [4.69, 9.17) is 0 Å². The van der Waals surface area contributed by atoms with E-state index in [9.17, 15) is 14.7 Å². The first kappa shape index (κ1) is 19.1. The lowest BCUT2D eigenvalue weighted by atomic mass is 10.1. The summed E-state index contributed by atoms with van der Waals surface area (Å²) in [7, 11) is 1.99. The molecule has 3 aromatic rings. The largest absolute Gasteiger partial charge is 0.508 e. The van der Waals surface area contributed by atoms with E-state index in [0.717, 1.165) is 35.7 Å². The van der Waals surface area contributed by atoms with Gasteiger partial charge in [0.2, 0.25) is 5.91 Å². The van der Waals surface area contributed by atoms with Crippen LogP contribution in [0.25, 0.3) is 10.9 Å². The van der Waals surface area contributed by atoms with Gasteiger partial charge in [0.15, 0.2) is 0 Å². The minimum absolute atomic E-state index is 0.0110. The van der Waals surface area contributed by atoms with E-state index >= 15 is 0 Å². The van der Waals surface area contributed by atoms with Gasteiger partial charge in [0.25, 0.3) is 5.91 Å². The van der Waals surface area contributed by atoms with Crippen molar-refractivity contribution in [2.75, 3.05) is 0 Å². The predicted octanol–water partition coefficient (Wildman–Crippen LogP) is 2.89. The molecule has 0 saturated heterocycles. The van der Waals surface area contributed by atoms with Crippen molar-refractivity contribution in [1.82, 2.24) is 15.2 Å². The van der Waals surface area contributed by atoms with E-state index in [1.54, 1.807) is 12.1 Å². The second-order valence-electron chi connectivity index (χ2n) is 7.75. The van der Waals surface area contributed by atoms with Crippen molar-refractivity contribution in [1.29, 1.82) is 0 Å². The first-order chi connectivity index (χ1) is 14.0. The van der Waals surface area contributed by atoms with Gasteiger partial charge in [-0.3, -0.25) is 9.59 Å². The Morgan fingerprint density at radius 1 is 1.03 bits per heavy atom. The van der Waals surface area contributed by atoms with E-state index in [2.05, 4.69) is 16.7 Å². The zero-order chi connectivity index (χ0) is 20.4. The third-order valence-corrected chi connectivity index (χ3v) is 5.59. The van der Waals surface area contributed by atoms with Gasteiger partial charge in [-0.05, 0) is 55.2 Å². The van der Waals surface area contributed by atoms with Crippen LogP contribution in [0.3, 0.4) is 0 Å². The molecule has 6 nitrogen and oxygen atoms in total. The first-order valence-corrected chi connectivity index (χ1v) is 9.92. The third kappa shape index (κ3) is 4.26. The SMILES string of the molecule is Cn1cc(CC(=O)N[C@@H]2CC[C@H](NC(=O)c3ccc(O)cc3)C2)c2ccccc21. The highest BCUT2D eigenvalue weighted by atomic mass is 16.3. The number of nitrogens with zero attached hydrogens (tertiary/aromatic N) is 1. The van der Waals surface area contributed by atoms with Crippen molar-refractivity contribution in [2.24, 2.45) is 7.05 Å². The fourth-order valence-electron chi connectivity index (χ4n) is 4.14. The Labute approximate surface area is 169 Å². The van der Waals surface area contributed by atoms with Gasteiger partial charge >= 0.3 is 0 Å². The number of phenolic OH excluding ortho intramolecular Hbond substituents is 1. The maximum atomic E-state index is 12.6. The molecule has 2 atom stereocenters. The number of benzene rings is 2. The Balaban J connectivity index is 1.31. The molecule has 2 amide bonds. The average molecular weight is 391 g/mol. The molecule has 150 valence electrons. The quantitative estimate of drug-likeness (QED) is 0.625. The van der Waals surface area contributed by atoms with E-state index in [-0.39, 0.29) is 29.6 Å². The Kier molecular flexibility index (Phi) is 5.25. The van der Waals surface area contributed by atoms with E-state index in [0.29, 0.717) is 12.0 Å². The molecule has 0 bridgehead atoms. The molecule has 1 heterocycles. The molecule has 29 heavy (non-hydrogen) atoms. The Hall–Kier alpha value is -3.28. The molecule has 0 radical (unpaired) electrons. The zero-order valence-electron chi connectivity index (χ0n) is 16.4. The number of carbonyl (C=O) groups is 2. The molecular formula is C23H25N3O3. The Bertz CT molecular complexity index is 1040. The van der Waals surface area contributed by atoms with Crippen LogP contribution in [-0.2, 0) is 18.3 Å². The molecule has 1 aliphatic rings. The molecule has 6 heteroatoms. The fraction of sp³-hybridized carbons (Fsp3) is 0.304.